The van der Waals surface area contributed by atoms with Crippen LogP contribution >= 0.6 is 0 Å². The molecule has 3 aromatic heterocycles. The van der Waals surface area contributed by atoms with Gasteiger partial charge >= 0.3 is 5.69 Å². The molecule has 4 aromatic rings. The van der Waals surface area contributed by atoms with E-state index in [1.807, 2.05) is 49.6 Å². The van der Waals surface area contributed by atoms with Crippen molar-refractivity contribution < 1.29 is 4.79 Å². The van der Waals surface area contributed by atoms with Gasteiger partial charge < -0.3 is 0 Å². The highest BCUT2D eigenvalue weighted by Crippen LogP contribution is 2.24. The van der Waals surface area contributed by atoms with Crippen LogP contribution in [0, 0.1) is 20.8 Å². The van der Waals surface area contributed by atoms with E-state index in [-0.39, 0.29) is 5.78 Å². The molecule has 0 fully saturated rings. The van der Waals surface area contributed by atoms with E-state index < -0.39 is 17.3 Å². The summed E-state index contributed by atoms with van der Waals surface area (Å²) in [6.07, 6.45) is 0. The number of Topliss-reactive ketones (excluding diaryl/α,β-unsaturated/α-hetero) is 1. The number of imidazole rings is 2. The van der Waals surface area contributed by atoms with E-state index >= 15 is 0 Å². The van der Waals surface area contributed by atoms with Crippen molar-refractivity contribution in [3.05, 3.63) is 62.1 Å². The molecule has 29 heavy (non-hydrogen) atoms. The molecule has 0 aliphatic heterocycles. The van der Waals surface area contributed by atoms with E-state index in [2.05, 4.69) is 4.98 Å². The number of hydrogen-bond donors (Lipinski definition) is 0. The summed E-state index contributed by atoms with van der Waals surface area (Å²) in [7, 11) is 1.57. The number of fused-ring (bicyclic) bond motifs is 3. The van der Waals surface area contributed by atoms with Crippen LogP contribution in [-0.4, -0.2) is 28.9 Å². The molecule has 8 heteroatoms. The van der Waals surface area contributed by atoms with E-state index in [0.29, 0.717) is 16.9 Å². The van der Waals surface area contributed by atoms with Gasteiger partial charge in [-0.3, -0.25) is 23.1 Å². The van der Waals surface area contributed by atoms with Gasteiger partial charge in [0, 0.05) is 24.1 Å². The number of aromatic nitrogens is 5. The number of rotatable bonds is 3. The van der Waals surface area contributed by atoms with Gasteiger partial charge in [0.1, 0.15) is 0 Å². The van der Waals surface area contributed by atoms with Crippen LogP contribution in [0.2, 0.25) is 0 Å². The predicted molar refractivity (Wildman–Crippen MR) is 111 cm³/mol. The van der Waals surface area contributed by atoms with Crippen LogP contribution in [0.15, 0.2) is 33.9 Å². The molecule has 3 heterocycles. The van der Waals surface area contributed by atoms with Gasteiger partial charge in [-0.2, -0.15) is 4.98 Å². The first-order valence-corrected chi connectivity index (χ1v) is 9.44. The summed E-state index contributed by atoms with van der Waals surface area (Å²) in [5.41, 5.74) is 3.38. The maximum atomic E-state index is 13.3. The number of ketones is 1. The highest BCUT2D eigenvalue weighted by atomic mass is 16.2. The van der Waals surface area contributed by atoms with Crippen molar-refractivity contribution in [3.8, 4) is 5.69 Å². The molecular weight excluding hydrogens is 370 g/mol. The molecule has 0 N–H and O–H groups in total. The molecule has 1 atom stereocenters. The molecule has 8 nitrogen and oxygen atoms in total. The van der Waals surface area contributed by atoms with E-state index in [1.165, 1.54) is 11.5 Å². The molecule has 0 aliphatic rings. The first-order valence-electron chi connectivity index (χ1n) is 9.44. The molecule has 0 unspecified atom stereocenters. The molecular formula is C21H23N5O3. The third kappa shape index (κ3) is 2.52. The standard InChI is InChI=1S/C21H23N5O3/c1-11-7-9-16(10-8-11)24-12(2)13(3)25-17-18(22-20(24)25)23(6)21(29)26(19(17)28)14(4)15(5)27/h7-10,14H,1-6H3/t14-/m1/s1. The molecule has 150 valence electrons. The van der Waals surface area contributed by atoms with Gasteiger partial charge in [-0.1, -0.05) is 17.7 Å². The smallest absolute Gasteiger partial charge is 0.298 e. The summed E-state index contributed by atoms with van der Waals surface area (Å²) in [4.78, 5) is 42.7. The van der Waals surface area contributed by atoms with E-state index in [9.17, 15) is 14.4 Å². The van der Waals surface area contributed by atoms with Gasteiger partial charge in [-0.15, -0.1) is 0 Å². The zero-order chi connectivity index (χ0) is 21.2. The Morgan fingerprint density at radius 3 is 2.24 bits per heavy atom. The summed E-state index contributed by atoms with van der Waals surface area (Å²) in [5, 5.41) is 0. The van der Waals surface area contributed by atoms with Crippen molar-refractivity contribution in [1.82, 2.24) is 23.1 Å². The second-order valence-electron chi connectivity index (χ2n) is 7.56. The van der Waals surface area contributed by atoms with E-state index in [1.54, 1.807) is 18.4 Å². The Hall–Kier alpha value is -3.42. The highest BCUT2D eigenvalue weighted by molar-refractivity contribution is 5.81. The third-order valence-electron chi connectivity index (χ3n) is 5.74. The summed E-state index contributed by atoms with van der Waals surface area (Å²) in [6, 6.07) is 7.17. The van der Waals surface area contributed by atoms with Crippen molar-refractivity contribution in [2.75, 3.05) is 0 Å². The van der Waals surface area contributed by atoms with Gasteiger partial charge in [0.15, 0.2) is 16.9 Å². The molecule has 0 saturated heterocycles. The quantitative estimate of drug-likeness (QED) is 0.534. The fourth-order valence-electron chi connectivity index (χ4n) is 3.74. The summed E-state index contributed by atoms with van der Waals surface area (Å²) >= 11 is 0. The highest BCUT2D eigenvalue weighted by Gasteiger charge is 2.25. The fourth-order valence-corrected chi connectivity index (χ4v) is 3.74. The van der Waals surface area contributed by atoms with Crippen molar-refractivity contribution >= 4 is 22.7 Å². The lowest BCUT2D eigenvalue weighted by molar-refractivity contribution is -0.119. The van der Waals surface area contributed by atoms with Crippen LogP contribution in [0.3, 0.4) is 0 Å². The van der Waals surface area contributed by atoms with Crippen LogP contribution in [0.4, 0.5) is 0 Å². The monoisotopic (exact) mass is 393 g/mol. The molecule has 0 bridgehead atoms. The van der Waals surface area contributed by atoms with Crippen molar-refractivity contribution in [1.29, 1.82) is 0 Å². The predicted octanol–water partition coefficient (Wildman–Crippen LogP) is 2.21. The Kier molecular flexibility index (Phi) is 4.11. The van der Waals surface area contributed by atoms with Gasteiger partial charge in [-0.05, 0) is 46.8 Å². The Bertz CT molecular complexity index is 1410. The molecule has 0 amide bonds. The topological polar surface area (TPSA) is 83.3 Å². The minimum atomic E-state index is -0.850. The molecule has 0 aliphatic carbocycles. The number of hydrogen-bond acceptors (Lipinski definition) is 4. The van der Waals surface area contributed by atoms with Gasteiger partial charge in [0.25, 0.3) is 5.56 Å². The number of carbonyl (C=O) groups is 1. The fraction of sp³-hybridized carbons (Fsp3) is 0.333. The Balaban J connectivity index is 2.19. The first kappa shape index (κ1) is 18.9. The molecule has 0 radical (unpaired) electrons. The lowest BCUT2D eigenvalue weighted by atomic mass is 10.2. The molecule has 1 aromatic carbocycles. The minimum Gasteiger partial charge on any atom is -0.298 e. The van der Waals surface area contributed by atoms with Gasteiger partial charge in [0.2, 0.25) is 5.78 Å². The Morgan fingerprint density at radius 1 is 1.03 bits per heavy atom. The van der Waals surface area contributed by atoms with Crippen LogP contribution in [0.5, 0.6) is 0 Å². The zero-order valence-electron chi connectivity index (χ0n) is 17.3. The number of benzene rings is 1. The summed E-state index contributed by atoms with van der Waals surface area (Å²) in [5.74, 6) is 0.300. The maximum Gasteiger partial charge on any atom is 0.333 e. The lowest BCUT2D eigenvalue weighted by Crippen LogP contribution is -2.42. The molecule has 4 rings (SSSR count). The molecule has 0 spiro atoms. The van der Waals surface area contributed by atoms with Crippen molar-refractivity contribution in [3.63, 3.8) is 0 Å². The maximum absolute atomic E-state index is 13.3. The van der Waals surface area contributed by atoms with Crippen LogP contribution in [0.1, 0.15) is 36.8 Å². The minimum absolute atomic E-state index is 0.255. The normalized spacial score (nSPS) is 12.8. The summed E-state index contributed by atoms with van der Waals surface area (Å²) < 4.78 is 6.08. The number of carbonyl (C=O) groups excluding carboxylic acids is 1. The van der Waals surface area contributed by atoms with Crippen LogP contribution in [0.25, 0.3) is 22.6 Å². The van der Waals surface area contributed by atoms with E-state index in [0.717, 1.165) is 27.2 Å². The average molecular weight is 393 g/mol. The second-order valence-corrected chi connectivity index (χ2v) is 7.56. The summed E-state index contributed by atoms with van der Waals surface area (Å²) in [6.45, 7) is 8.83. The number of aryl methyl sites for hydroxylation is 3. The Labute approximate surface area is 166 Å². The number of nitrogens with zero attached hydrogens (tertiary/aromatic N) is 5. The van der Waals surface area contributed by atoms with E-state index in [4.69, 9.17) is 0 Å². The zero-order valence-corrected chi connectivity index (χ0v) is 17.3. The second kappa shape index (κ2) is 6.30. The lowest BCUT2D eigenvalue weighted by Gasteiger charge is -2.12. The van der Waals surface area contributed by atoms with Crippen molar-refractivity contribution in [2.24, 2.45) is 7.05 Å². The Morgan fingerprint density at radius 2 is 1.66 bits per heavy atom. The van der Waals surface area contributed by atoms with Gasteiger partial charge in [-0.25, -0.2) is 9.36 Å². The van der Waals surface area contributed by atoms with Crippen molar-refractivity contribution in [2.45, 2.75) is 40.7 Å². The molecule has 0 saturated carbocycles. The first-order chi connectivity index (χ1) is 13.6. The van der Waals surface area contributed by atoms with Crippen LogP contribution < -0.4 is 11.2 Å². The average Bonchev–Trinajstić information content (AvgIpc) is 3.17. The van der Waals surface area contributed by atoms with Gasteiger partial charge in [0.05, 0.1) is 6.04 Å². The largest absolute Gasteiger partial charge is 0.333 e. The van der Waals surface area contributed by atoms with Crippen LogP contribution in [-0.2, 0) is 11.8 Å². The SMILES string of the molecule is CC(=O)[C@@H](C)n1c(=O)c2c(nc3n(-c4ccc(C)cc4)c(C)c(C)n23)n(C)c1=O. The third-order valence-corrected chi connectivity index (χ3v) is 5.74.